The third-order valence-electron chi connectivity index (χ3n) is 4.24. The normalized spacial score (nSPS) is 10.8. The van der Waals surface area contributed by atoms with Gasteiger partial charge in [-0.1, -0.05) is 42.1 Å². The van der Waals surface area contributed by atoms with Crippen molar-refractivity contribution in [3.8, 4) is 5.69 Å². The number of carbonyl (C=O) groups is 1. The Bertz CT molecular complexity index is 921. The van der Waals surface area contributed by atoms with E-state index in [1.165, 1.54) is 17.3 Å². The van der Waals surface area contributed by atoms with Gasteiger partial charge in [0.2, 0.25) is 5.91 Å². The average molecular weight is 366 g/mol. The molecule has 3 aromatic rings. The molecule has 134 valence electrons. The quantitative estimate of drug-likeness (QED) is 0.642. The fourth-order valence-corrected chi connectivity index (χ4v) is 3.60. The monoisotopic (exact) mass is 366 g/mol. The van der Waals surface area contributed by atoms with Crippen molar-refractivity contribution < 1.29 is 4.79 Å². The molecule has 26 heavy (non-hydrogen) atoms. The molecule has 1 aromatic heterocycles. The molecule has 0 aliphatic rings. The molecule has 6 heteroatoms. The van der Waals surface area contributed by atoms with Crippen LogP contribution in [0.2, 0.25) is 0 Å². The van der Waals surface area contributed by atoms with Crippen LogP contribution in [-0.4, -0.2) is 33.5 Å². The van der Waals surface area contributed by atoms with Crippen LogP contribution in [0, 0.1) is 20.8 Å². The largest absolute Gasteiger partial charge is 0.315 e. The highest BCUT2D eigenvalue weighted by Crippen LogP contribution is 2.25. The molecule has 0 aliphatic heterocycles. The molecule has 5 nitrogen and oxygen atoms in total. The number of thioether (sulfide) groups is 1. The third kappa shape index (κ3) is 3.80. The van der Waals surface area contributed by atoms with Crippen molar-refractivity contribution in [2.45, 2.75) is 25.9 Å². The standard InChI is InChI=1S/C20H22N4OS/c1-14-10-11-15(2)18(12-14)24-16(3)21-22-20(24)26-13-19(25)23(4)17-8-6-5-7-9-17/h5-12H,13H2,1-4H3. The molecule has 0 unspecified atom stereocenters. The van der Waals surface area contributed by atoms with Crippen molar-refractivity contribution in [3.63, 3.8) is 0 Å². The van der Waals surface area contributed by atoms with Gasteiger partial charge < -0.3 is 4.90 Å². The summed E-state index contributed by atoms with van der Waals surface area (Å²) in [6.07, 6.45) is 0. The van der Waals surface area contributed by atoms with Crippen LogP contribution < -0.4 is 4.90 Å². The van der Waals surface area contributed by atoms with E-state index in [2.05, 4.69) is 42.2 Å². The first-order valence-electron chi connectivity index (χ1n) is 8.41. The summed E-state index contributed by atoms with van der Waals surface area (Å²) < 4.78 is 2.02. The van der Waals surface area contributed by atoms with Crippen LogP contribution in [0.1, 0.15) is 17.0 Å². The Balaban J connectivity index is 1.79. The van der Waals surface area contributed by atoms with E-state index in [-0.39, 0.29) is 5.91 Å². The molecule has 3 rings (SSSR count). The molecule has 0 spiro atoms. The van der Waals surface area contributed by atoms with Gasteiger partial charge in [0, 0.05) is 12.7 Å². The van der Waals surface area contributed by atoms with E-state index in [1.54, 1.807) is 11.9 Å². The maximum atomic E-state index is 12.5. The first kappa shape index (κ1) is 18.2. The molecule has 0 fully saturated rings. The zero-order valence-corrected chi connectivity index (χ0v) is 16.2. The van der Waals surface area contributed by atoms with Gasteiger partial charge in [0.05, 0.1) is 11.4 Å². The van der Waals surface area contributed by atoms with Gasteiger partial charge in [-0.05, 0) is 50.1 Å². The summed E-state index contributed by atoms with van der Waals surface area (Å²) in [5.41, 5.74) is 4.26. The average Bonchev–Trinajstić information content (AvgIpc) is 3.02. The smallest absolute Gasteiger partial charge is 0.237 e. The Morgan fingerprint density at radius 1 is 1.08 bits per heavy atom. The minimum Gasteiger partial charge on any atom is -0.315 e. The number of hydrogen-bond acceptors (Lipinski definition) is 4. The molecule has 0 aliphatic carbocycles. The first-order valence-corrected chi connectivity index (χ1v) is 9.40. The van der Waals surface area contributed by atoms with Crippen LogP contribution in [0.25, 0.3) is 5.69 Å². The van der Waals surface area contributed by atoms with Crippen molar-refractivity contribution in [3.05, 3.63) is 65.5 Å². The topological polar surface area (TPSA) is 51.0 Å². The number of amides is 1. The number of hydrogen-bond donors (Lipinski definition) is 0. The maximum Gasteiger partial charge on any atom is 0.237 e. The Kier molecular flexibility index (Phi) is 5.42. The highest BCUT2D eigenvalue weighted by molar-refractivity contribution is 7.99. The van der Waals surface area contributed by atoms with Crippen molar-refractivity contribution in [1.29, 1.82) is 0 Å². The molecule has 0 atom stereocenters. The summed E-state index contributed by atoms with van der Waals surface area (Å²) in [4.78, 5) is 14.2. The van der Waals surface area contributed by atoms with Gasteiger partial charge in [0.1, 0.15) is 5.82 Å². The highest BCUT2D eigenvalue weighted by Gasteiger charge is 2.17. The van der Waals surface area contributed by atoms with Crippen molar-refractivity contribution >= 4 is 23.4 Å². The summed E-state index contributed by atoms with van der Waals surface area (Å²) in [5.74, 6) is 1.13. The summed E-state index contributed by atoms with van der Waals surface area (Å²) in [6, 6.07) is 15.9. The number of rotatable bonds is 5. The minimum absolute atomic E-state index is 0.0226. The Morgan fingerprint density at radius 3 is 2.54 bits per heavy atom. The van der Waals surface area contributed by atoms with Gasteiger partial charge in [-0.15, -0.1) is 10.2 Å². The number of carbonyl (C=O) groups excluding carboxylic acids is 1. The van der Waals surface area contributed by atoms with E-state index < -0.39 is 0 Å². The van der Waals surface area contributed by atoms with E-state index in [0.29, 0.717) is 5.75 Å². The molecule has 2 aromatic carbocycles. The Labute approximate surface area is 158 Å². The number of para-hydroxylation sites is 1. The molecular formula is C20H22N4OS. The minimum atomic E-state index is 0.0226. The fourth-order valence-electron chi connectivity index (χ4n) is 2.69. The van der Waals surface area contributed by atoms with E-state index >= 15 is 0 Å². The van der Waals surface area contributed by atoms with Crippen LogP contribution in [0.4, 0.5) is 5.69 Å². The molecule has 1 heterocycles. The summed E-state index contributed by atoms with van der Waals surface area (Å²) in [5, 5.41) is 9.21. The van der Waals surface area contributed by atoms with Crippen molar-refractivity contribution in [1.82, 2.24) is 14.8 Å². The van der Waals surface area contributed by atoms with Gasteiger partial charge in [0.15, 0.2) is 5.16 Å². The molecule has 0 radical (unpaired) electrons. The maximum absolute atomic E-state index is 12.5. The second-order valence-corrected chi connectivity index (χ2v) is 7.17. The van der Waals surface area contributed by atoms with Gasteiger partial charge in [-0.2, -0.15) is 0 Å². The molecule has 0 N–H and O–H groups in total. The number of benzene rings is 2. The van der Waals surface area contributed by atoms with Crippen LogP contribution in [0.3, 0.4) is 0 Å². The lowest BCUT2D eigenvalue weighted by atomic mass is 10.1. The lowest BCUT2D eigenvalue weighted by Gasteiger charge is -2.17. The predicted molar refractivity (Wildman–Crippen MR) is 106 cm³/mol. The molecule has 0 saturated carbocycles. The number of aryl methyl sites for hydroxylation is 3. The molecule has 0 saturated heterocycles. The van der Waals surface area contributed by atoms with Gasteiger partial charge >= 0.3 is 0 Å². The predicted octanol–water partition coefficient (Wildman–Crippen LogP) is 3.95. The first-order chi connectivity index (χ1) is 12.5. The summed E-state index contributed by atoms with van der Waals surface area (Å²) >= 11 is 1.41. The van der Waals surface area contributed by atoms with E-state index in [0.717, 1.165) is 27.9 Å². The Hall–Kier alpha value is -2.60. The molecular weight excluding hydrogens is 344 g/mol. The summed E-state index contributed by atoms with van der Waals surface area (Å²) in [7, 11) is 1.79. The second kappa shape index (κ2) is 7.74. The van der Waals surface area contributed by atoms with Gasteiger partial charge in [-0.25, -0.2) is 0 Å². The number of aromatic nitrogens is 3. The van der Waals surface area contributed by atoms with Crippen LogP contribution >= 0.6 is 11.8 Å². The zero-order valence-electron chi connectivity index (χ0n) is 15.4. The van der Waals surface area contributed by atoms with Crippen LogP contribution in [-0.2, 0) is 4.79 Å². The molecule has 0 bridgehead atoms. The highest BCUT2D eigenvalue weighted by atomic mass is 32.2. The van der Waals surface area contributed by atoms with Gasteiger partial charge in [0.25, 0.3) is 0 Å². The second-order valence-electron chi connectivity index (χ2n) is 6.23. The number of anilines is 1. The third-order valence-corrected chi connectivity index (χ3v) is 5.16. The van der Waals surface area contributed by atoms with Crippen molar-refractivity contribution in [2.24, 2.45) is 0 Å². The summed E-state index contributed by atoms with van der Waals surface area (Å²) in [6.45, 7) is 6.06. The van der Waals surface area contributed by atoms with E-state index in [9.17, 15) is 4.79 Å². The van der Waals surface area contributed by atoms with Crippen LogP contribution in [0.5, 0.6) is 0 Å². The lowest BCUT2D eigenvalue weighted by molar-refractivity contribution is -0.115. The lowest BCUT2D eigenvalue weighted by Crippen LogP contribution is -2.27. The van der Waals surface area contributed by atoms with E-state index in [4.69, 9.17) is 0 Å². The number of nitrogens with zero attached hydrogens (tertiary/aromatic N) is 4. The van der Waals surface area contributed by atoms with Crippen LogP contribution in [0.15, 0.2) is 53.7 Å². The Morgan fingerprint density at radius 2 is 1.81 bits per heavy atom. The molecule has 1 amide bonds. The zero-order chi connectivity index (χ0) is 18.7. The van der Waals surface area contributed by atoms with Crippen molar-refractivity contribution in [2.75, 3.05) is 17.7 Å². The fraction of sp³-hybridized carbons (Fsp3) is 0.250. The SMILES string of the molecule is Cc1ccc(C)c(-n2c(C)nnc2SCC(=O)N(C)c2ccccc2)c1. The van der Waals surface area contributed by atoms with Gasteiger partial charge in [-0.3, -0.25) is 9.36 Å². The van der Waals surface area contributed by atoms with E-state index in [1.807, 2.05) is 41.8 Å².